The van der Waals surface area contributed by atoms with E-state index in [9.17, 15) is 9.18 Å². The topological polar surface area (TPSA) is 44.7 Å². The van der Waals surface area contributed by atoms with Gasteiger partial charge in [-0.1, -0.05) is 25.1 Å². The van der Waals surface area contributed by atoms with Crippen molar-refractivity contribution >= 4 is 17.8 Å². The summed E-state index contributed by atoms with van der Waals surface area (Å²) in [6.45, 7) is 11.3. The molecule has 1 atom stereocenters. The molecule has 148 valence electrons. The summed E-state index contributed by atoms with van der Waals surface area (Å²) in [5.74, 6) is -0.691. The number of carbonyl (C=O) groups excluding carboxylic acids is 1. The van der Waals surface area contributed by atoms with Crippen molar-refractivity contribution < 1.29 is 9.18 Å². The van der Waals surface area contributed by atoms with Gasteiger partial charge in [-0.15, -0.1) is 0 Å². The smallest absolute Gasteiger partial charge is 0.274 e. The van der Waals surface area contributed by atoms with Gasteiger partial charge in [0, 0.05) is 17.3 Å². The van der Waals surface area contributed by atoms with Gasteiger partial charge in [-0.3, -0.25) is 4.79 Å². The number of amides is 1. The van der Waals surface area contributed by atoms with Crippen LogP contribution in [0.5, 0.6) is 0 Å². The number of anilines is 1. The molecular formula is C23H28FN3O. The number of hydrazone groups is 1. The Labute approximate surface area is 166 Å². The van der Waals surface area contributed by atoms with Gasteiger partial charge in [0.25, 0.3) is 5.91 Å². The van der Waals surface area contributed by atoms with Crippen molar-refractivity contribution in [1.29, 1.82) is 0 Å². The van der Waals surface area contributed by atoms with Crippen molar-refractivity contribution in [2.75, 3.05) is 4.90 Å². The lowest BCUT2D eigenvalue weighted by Crippen LogP contribution is -2.51. The van der Waals surface area contributed by atoms with Crippen molar-refractivity contribution in [2.45, 2.75) is 58.5 Å². The maximum atomic E-state index is 13.7. The molecule has 0 aliphatic carbocycles. The minimum absolute atomic E-state index is 0.0199. The van der Waals surface area contributed by atoms with Gasteiger partial charge in [0.2, 0.25) is 0 Å². The Hall–Kier alpha value is -2.69. The van der Waals surface area contributed by atoms with Crippen LogP contribution in [0.4, 0.5) is 10.1 Å². The summed E-state index contributed by atoms with van der Waals surface area (Å²) in [7, 11) is 0. The van der Waals surface area contributed by atoms with Crippen LogP contribution >= 0.6 is 0 Å². The maximum absolute atomic E-state index is 13.7. The first-order valence-corrected chi connectivity index (χ1v) is 9.72. The van der Waals surface area contributed by atoms with Gasteiger partial charge in [0.1, 0.15) is 5.82 Å². The summed E-state index contributed by atoms with van der Waals surface area (Å²) in [4.78, 5) is 14.5. The second-order valence-corrected chi connectivity index (χ2v) is 8.38. The standard InChI is InChI=1S/C23H28FN3O/c1-15(2)27-21-11-10-17(12-19(21)16(3)13-23(27,4)5)14-25-26-22(28)18-8-6-7-9-20(18)24/h6-12,14-16H,13H2,1-5H3,(H,26,28)/b25-14-/t16-/m0/s1. The van der Waals surface area contributed by atoms with Gasteiger partial charge in [-0.2, -0.15) is 5.10 Å². The molecule has 1 amide bonds. The molecule has 28 heavy (non-hydrogen) atoms. The summed E-state index contributed by atoms with van der Waals surface area (Å²) < 4.78 is 13.7. The molecule has 0 bridgehead atoms. The van der Waals surface area contributed by atoms with Crippen molar-refractivity contribution in [3.63, 3.8) is 0 Å². The molecule has 0 fully saturated rings. The molecule has 3 rings (SSSR count). The number of benzene rings is 2. The van der Waals surface area contributed by atoms with E-state index in [1.54, 1.807) is 18.3 Å². The molecule has 2 aromatic carbocycles. The SMILES string of the molecule is CC(C)N1c2ccc(/C=N\NC(=O)c3ccccc3F)cc2[C@@H](C)CC1(C)C. The molecule has 2 aromatic rings. The number of rotatable bonds is 4. The number of nitrogens with one attached hydrogen (secondary N) is 1. The van der Waals surface area contributed by atoms with Crippen LogP contribution in [0.3, 0.4) is 0 Å². The number of hydrogen-bond donors (Lipinski definition) is 1. The average molecular weight is 381 g/mol. The fourth-order valence-corrected chi connectivity index (χ4v) is 4.40. The fourth-order valence-electron chi connectivity index (χ4n) is 4.40. The normalized spacial score (nSPS) is 18.4. The monoisotopic (exact) mass is 381 g/mol. The summed E-state index contributed by atoms with van der Waals surface area (Å²) in [5.41, 5.74) is 5.93. The second kappa shape index (κ2) is 7.74. The van der Waals surface area contributed by atoms with Crippen LogP contribution in [0.1, 0.15) is 68.4 Å². The third-order valence-electron chi connectivity index (χ3n) is 5.31. The molecule has 0 unspecified atom stereocenters. The number of nitrogens with zero attached hydrogens (tertiary/aromatic N) is 2. The van der Waals surface area contributed by atoms with Gasteiger partial charge in [-0.25, -0.2) is 9.82 Å². The molecule has 1 N–H and O–H groups in total. The first-order valence-electron chi connectivity index (χ1n) is 9.72. The Balaban J connectivity index is 1.80. The molecular weight excluding hydrogens is 353 g/mol. The molecule has 1 aliphatic heterocycles. The quantitative estimate of drug-likeness (QED) is 0.592. The molecule has 0 spiro atoms. The zero-order valence-electron chi connectivity index (χ0n) is 17.2. The van der Waals surface area contributed by atoms with Crippen LogP contribution in [0.15, 0.2) is 47.6 Å². The highest BCUT2D eigenvalue weighted by Gasteiger charge is 2.37. The zero-order chi connectivity index (χ0) is 20.5. The van der Waals surface area contributed by atoms with E-state index >= 15 is 0 Å². The molecule has 4 nitrogen and oxygen atoms in total. The van der Waals surface area contributed by atoms with Crippen LogP contribution in [-0.2, 0) is 0 Å². The summed E-state index contributed by atoms with van der Waals surface area (Å²) in [5, 5.41) is 4.01. The van der Waals surface area contributed by atoms with Crippen molar-refractivity contribution in [2.24, 2.45) is 5.10 Å². The highest BCUT2D eigenvalue weighted by atomic mass is 19.1. The second-order valence-electron chi connectivity index (χ2n) is 8.38. The molecule has 1 heterocycles. The van der Waals surface area contributed by atoms with Crippen LogP contribution in [-0.4, -0.2) is 23.7 Å². The Morgan fingerprint density at radius 2 is 2.00 bits per heavy atom. The van der Waals surface area contributed by atoms with E-state index in [2.05, 4.69) is 62.2 Å². The average Bonchev–Trinajstić information content (AvgIpc) is 2.61. The predicted molar refractivity (Wildman–Crippen MR) is 113 cm³/mol. The number of hydrogen-bond acceptors (Lipinski definition) is 3. The summed E-state index contributed by atoms with van der Waals surface area (Å²) in [6, 6.07) is 12.5. The van der Waals surface area contributed by atoms with Crippen LogP contribution < -0.4 is 10.3 Å². The Morgan fingerprint density at radius 1 is 1.29 bits per heavy atom. The third kappa shape index (κ3) is 3.93. The molecule has 1 aliphatic rings. The van der Waals surface area contributed by atoms with E-state index in [1.165, 1.54) is 23.4 Å². The number of halogens is 1. The van der Waals surface area contributed by atoms with Crippen LogP contribution in [0.25, 0.3) is 0 Å². The molecule has 5 heteroatoms. The van der Waals surface area contributed by atoms with Gasteiger partial charge in [0.05, 0.1) is 11.8 Å². The maximum Gasteiger partial charge on any atom is 0.274 e. The molecule has 0 radical (unpaired) electrons. The van der Waals surface area contributed by atoms with Crippen LogP contribution in [0.2, 0.25) is 0 Å². The predicted octanol–water partition coefficient (Wildman–Crippen LogP) is 5.09. The first kappa shape index (κ1) is 20.1. The minimum atomic E-state index is -0.562. The zero-order valence-corrected chi connectivity index (χ0v) is 17.2. The summed E-state index contributed by atoms with van der Waals surface area (Å²) in [6.07, 6.45) is 2.67. The molecule has 0 saturated carbocycles. The van der Waals surface area contributed by atoms with E-state index < -0.39 is 11.7 Å². The lowest BCUT2D eigenvalue weighted by Gasteiger charge is -2.50. The van der Waals surface area contributed by atoms with Crippen molar-refractivity contribution in [1.82, 2.24) is 5.43 Å². The lowest BCUT2D eigenvalue weighted by atomic mass is 9.79. The Morgan fingerprint density at radius 3 is 2.68 bits per heavy atom. The van der Waals surface area contributed by atoms with Gasteiger partial charge < -0.3 is 4.90 Å². The van der Waals surface area contributed by atoms with E-state index in [0.29, 0.717) is 12.0 Å². The van der Waals surface area contributed by atoms with E-state index in [0.717, 1.165) is 12.0 Å². The molecule has 0 aromatic heterocycles. The highest BCUT2D eigenvalue weighted by Crippen LogP contribution is 2.44. The fraction of sp³-hybridized carbons (Fsp3) is 0.391. The van der Waals surface area contributed by atoms with Crippen molar-refractivity contribution in [3.8, 4) is 0 Å². The van der Waals surface area contributed by atoms with Gasteiger partial charge in [0.15, 0.2) is 0 Å². The molecule has 0 saturated heterocycles. The first-order chi connectivity index (χ1) is 13.2. The van der Waals surface area contributed by atoms with Gasteiger partial charge in [-0.05, 0) is 75.4 Å². The Bertz CT molecular complexity index is 904. The van der Waals surface area contributed by atoms with E-state index in [-0.39, 0.29) is 11.1 Å². The largest absolute Gasteiger partial charge is 0.364 e. The Kier molecular flexibility index (Phi) is 5.54. The van der Waals surface area contributed by atoms with Crippen LogP contribution in [0, 0.1) is 5.82 Å². The minimum Gasteiger partial charge on any atom is -0.364 e. The highest BCUT2D eigenvalue weighted by molar-refractivity contribution is 5.95. The number of fused-ring (bicyclic) bond motifs is 1. The van der Waals surface area contributed by atoms with Crippen molar-refractivity contribution in [3.05, 3.63) is 65.0 Å². The summed E-state index contributed by atoms with van der Waals surface area (Å²) >= 11 is 0. The lowest BCUT2D eigenvalue weighted by molar-refractivity contribution is 0.0951. The van der Waals surface area contributed by atoms with E-state index in [4.69, 9.17) is 0 Å². The number of carbonyl (C=O) groups is 1. The van der Waals surface area contributed by atoms with E-state index in [1.807, 2.05) is 6.07 Å². The third-order valence-corrected chi connectivity index (χ3v) is 5.31. The van der Waals surface area contributed by atoms with Gasteiger partial charge >= 0.3 is 0 Å².